The van der Waals surface area contributed by atoms with E-state index in [0.717, 1.165) is 11.3 Å². The zero-order valence-corrected chi connectivity index (χ0v) is 10.8. The van der Waals surface area contributed by atoms with E-state index >= 15 is 0 Å². The maximum atomic E-state index is 11.8. The number of carbonyl (C=O) groups excluding carboxylic acids is 1. The van der Waals surface area contributed by atoms with Gasteiger partial charge in [-0.3, -0.25) is 4.79 Å². The quantitative estimate of drug-likeness (QED) is 0.913. The van der Waals surface area contributed by atoms with Crippen molar-refractivity contribution < 1.29 is 9.53 Å². The fraction of sp³-hybridized carbons (Fsp3) is 0.385. The molecule has 1 aliphatic rings. The molecule has 1 N–H and O–H groups in total. The Bertz CT molecular complexity index is 522. The van der Waals surface area contributed by atoms with Crippen LogP contribution in [0, 0.1) is 17.2 Å². The molecule has 5 heteroatoms. The molecular weight excluding hydrogens is 252 g/mol. The lowest BCUT2D eigenvalue weighted by atomic mass is 9.90. The van der Waals surface area contributed by atoms with Gasteiger partial charge in [-0.2, -0.15) is 5.26 Å². The van der Waals surface area contributed by atoms with Crippen molar-refractivity contribution in [2.24, 2.45) is 5.92 Å². The minimum atomic E-state index is -0.150. The first kappa shape index (κ1) is 12.7. The molecule has 1 heterocycles. The van der Waals surface area contributed by atoms with Crippen molar-refractivity contribution in [3.63, 3.8) is 0 Å². The molecule has 1 atom stereocenters. The number of hydrogen-bond donors (Lipinski definition) is 1. The van der Waals surface area contributed by atoms with Crippen molar-refractivity contribution in [2.75, 3.05) is 12.4 Å². The second-order valence-corrected chi connectivity index (χ2v) is 4.64. The molecule has 0 aromatic heterocycles. The minimum Gasteiger partial charge on any atom is -0.495 e. The number of carbonyl (C=O) groups is 1. The van der Waals surface area contributed by atoms with Crippen LogP contribution in [0.1, 0.15) is 18.4 Å². The Labute approximate surface area is 111 Å². The van der Waals surface area contributed by atoms with E-state index in [4.69, 9.17) is 21.6 Å². The highest BCUT2D eigenvalue weighted by atomic mass is 35.5. The largest absolute Gasteiger partial charge is 0.495 e. The van der Waals surface area contributed by atoms with E-state index in [9.17, 15) is 4.79 Å². The molecule has 18 heavy (non-hydrogen) atoms. The van der Waals surface area contributed by atoms with E-state index in [0.29, 0.717) is 30.0 Å². The molecule has 1 amide bonds. The zero-order chi connectivity index (χ0) is 13.1. The lowest BCUT2D eigenvalue weighted by Crippen LogP contribution is -2.29. The number of nitrogens with one attached hydrogen (secondary N) is 1. The minimum absolute atomic E-state index is 0.0426. The third-order valence-electron chi connectivity index (χ3n) is 3.08. The molecule has 94 valence electrons. The summed E-state index contributed by atoms with van der Waals surface area (Å²) in [5, 5.41) is 11.9. The molecule has 0 radical (unpaired) electrons. The van der Waals surface area contributed by atoms with Gasteiger partial charge in [-0.05, 0) is 30.5 Å². The third-order valence-corrected chi connectivity index (χ3v) is 3.37. The molecule has 2 rings (SSSR count). The maximum Gasteiger partial charge on any atom is 0.227 e. The monoisotopic (exact) mass is 264 g/mol. The van der Waals surface area contributed by atoms with E-state index in [1.807, 2.05) is 6.07 Å². The summed E-state index contributed by atoms with van der Waals surface area (Å²) in [5.74, 6) is 0.410. The Hall–Kier alpha value is -1.73. The van der Waals surface area contributed by atoms with E-state index < -0.39 is 0 Å². The van der Waals surface area contributed by atoms with Crippen molar-refractivity contribution in [1.82, 2.24) is 0 Å². The van der Waals surface area contributed by atoms with Crippen LogP contribution in [0.4, 0.5) is 5.69 Å². The third kappa shape index (κ3) is 2.41. The van der Waals surface area contributed by atoms with Gasteiger partial charge in [0, 0.05) is 18.0 Å². The van der Waals surface area contributed by atoms with Crippen LogP contribution in [0.15, 0.2) is 12.1 Å². The van der Waals surface area contributed by atoms with Crippen molar-refractivity contribution in [1.29, 1.82) is 5.26 Å². The second kappa shape index (κ2) is 5.28. The number of amides is 1. The Morgan fingerprint density at radius 3 is 3.06 bits per heavy atom. The molecule has 4 nitrogen and oxygen atoms in total. The number of benzene rings is 1. The fourth-order valence-corrected chi connectivity index (χ4v) is 2.34. The van der Waals surface area contributed by atoms with Gasteiger partial charge in [0.2, 0.25) is 5.91 Å². The van der Waals surface area contributed by atoms with Crippen LogP contribution in [-0.2, 0) is 11.2 Å². The van der Waals surface area contributed by atoms with Gasteiger partial charge in [0.1, 0.15) is 5.75 Å². The lowest BCUT2D eigenvalue weighted by Gasteiger charge is -2.24. The van der Waals surface area contributed by atoms with Gasteiger partial charge in [-0.1, -0.05) is 11.6 Å². The fourth-order valence-electron chi connectivity index (χ4n) is 2.10. The summed E-state index contributed by atoms with van der Waals surface area (Å²) < 4.78 is 5.16. The number of anilines is 1. The lowest BCUT2D eigenvalue weighted by molar-refractivity contribution is -0.120. The first-order valence-electron chi connectivity index (χ1n) is 5.70. The molecule has 0 aliphatic carbocycles. The average Bonchev–Trinajstić information content (AvgIpc) is 2.36. The van der Waals surface area contributed by atoms with Crippen LogP contribution in [0.5, 0.6) is 5.75 Å². The van der Waals surface area contributed by atoms with E-state index in [1.54, 1.807) is 13.2 Å². The van der Waals surface area contributed by atoms with Crippen LogP contribution in [-0.4, -0.2) is 13.0 Å². The van der Waals surface area contributed by atoms with Crippen molar-refractivity contribution in [3.05, 3.63) is 22.7 Å². The Kier molecular flexibility index (Phi) is 3.73. The molecule has 0 fully saturated rings. The maximum absolute atomic E-state index is 11.8. The number of halogens is 1. The number of methoxy groups -OCH3 is 1. The highest BCUT2D eigenvalue weighted by molar-refractivity contribution is 6.32. The van der Waals surface area contributed by atoms with Crippen LogP contribution in [0.25, 0.3) is 0 Å². The Morgan fingerprint density at radius 1 is 1.61 bits per heavy atom. The van der Waals surface area contributed by atoms with E-state index in [1.165, 1.54) is 0 Å². The topological polar surface area (TPSA) is 62.1 Å². The van der Waals surface area contributed by atoms with E-state index in [2.05, 4.69) is 11.4 Å². The Morgan fingerprint density at radius 2 is 2.39 bits per heavy atom. The highest BCUT2D eigenvalue weighted by Crippen LogP contribution is 2.35. The predicted octanol–water partition coefficient (Wildman–Crippen LogP) is 2.76. The smallest absolute Gasteiger partial charge is 0.227 e. The van der Waals surface area contributed by atoms with Gasteiger partial charge in [-0.15, -0.1) is 0 Å². The molecule has 0 saturated heterocycles. The van der Waals surface area contributed by atoms with Crippen LogP contribution < -0.4 is 10.1 Å². The van der Waals surface area contributed by atoms with Gasteiger partial charge >= 0.3 is 0 Å². The number of nitrogens with zero attached hydrogens (tertiary/aromatic N) is 1. The summed E-state index contributed by atoms with van der Waals surface area (Å²) in [5.41, 5.74) is 1.73. The van der Waals surface area contributed by atoms with Crippen molar-refractivity contribution >= 4 is 23.2 Å². The standard InChI is InChI=1S/C13H13ClN2O2/c1-18-12-6-9-5-8(3-2-4-15)13(17)16-11(9)7-10(12)14/h6-8H,2-3,5H2,1H3,(H,16,17). The summed E-state index contributed by atoms with van der Waals surface area (Å²) >= 11 is 6.01. The van der Waals surface area contributed by atoms with Crippen LogP contribution in [0.3, 0.4) is 0 Å². The molecule has 1 aromatic carbocycles. The number of ether oxygens (including phenoxy) is 1. The molecule has 1 unspecified atom stereocenters. The summed E-state index contributed by atoms with van der Waals surface area (Å²) in [6.45, 7) is 0. The summed E-state index contributed by atoms with van der Waals surface area (Å²) in [4.78, 5) is 11.8. The summed E-state index contributed by atoms with van der Waals surface area (Å²) in [7, 11) is 1.56. The summed E-state index contributed by atoms with van der Waals surface area (Å²) in [6.07, 6.45) is 1.58. The number of nitriles is 1. The van der Waals surface area contributed by atoms with Crippen LogP contribution in [0.2, 0.25) is 5.02 Å². The average molecular weight is 265 g/mol. The van der Waals surface area contributed by atoms with Gasteiger partial charge in [-0.25, -0.2) is 0 Å². The number of hydrogen-bond acceptors (Lipinski definition) is 3. The SMILES string of the molecule is COc1cc2c(cc1Cl)NC(=O)C(CCC#N)C2. The summed E-state index contributed by atoms with van der Waals surface area (Å²) in [6, 6.07) is 5.61. The Balaban J connectivity index is 2.27. The van der Waals surface area contributed by atoms with Gasteiger partial charge in [0.05, 0.1) is 18.2 Å². The molecule has 0 saturated carbocycles. The normalized spacial score (nSPS) is 17.6. The van der Waals surface area contributed by atoms with Crippen LogP contribution >= 0.6 is 11.6 Å². The first-order valence-corrected chi connectivity index (χ1v) is 6.07. The first-order chi connectivity index (χ1) is 8.65. The highest BCUT2D eigenvalue weighted by Gasteiger charge is 2.26. The molecular formula is C13H13ClN2O2. The number of rotatable bonds is 3. The van der Waals surface area contributed by atoms with Gasteiger partial charge < -0.3 is 10.1 Å². The van der Waals surface area contributed by atoms with Crippen molar-refractivity contribution in [3.8, 4) is 11.8 Å². The predicted molar refractivity (Wildman–Crippen MR) is 68.7 cm³/mol. The second-order valence-electron chi connectivity index (χ2n) is 4.23. The molecule has 1 aromatic rings. The van der Waals surface area contributed by atoms with Gasteiger partial charge in [0.25, 0.3) is 0 Å². The number of fused-ring (bicyclic) bond motifs is 1. The molecule has 0 spiro atoms. The van der Waals surface area contributed by atoms with E-state index in [-0.39, 0.29) is 11.8 Å². The van der Waals surface area contributed by atoms with Gasteiger partial charge in [0.15, 0.2) is 0 Å². The molecule has 0 bridgehead atoms. The van der Waals surface area contributed by atoms with Crippen molar-refractivity contribution in [2.45, 2.75) is 19.3 Å². The molecule has 1 aliphatic heterocycles. The zero-order valence-electron chi connectivity index (χ0n) is 10.00.